The molecule has 0 spiro atoms. The largest absolute Gasteiger partial charge is 0.497 e. The minimum Gasteiger partial charge on any atom is -0.497 e. The molecule has 0 saturated heterocycles. The Bertz CT molecular complexity index is 542. The standard InChI is InChI=1S/C11H17N3O4S/c1-8(11(15)13-12)14(19(3,16)17)9-4-6-10(18-2)7-5-9/h4-8H,12H2,1-3H3,(H,13,15). The summed E-state index contributed by atoms with van der Waals surface area (Å²) in [6.45, 7) is 1.45. The number of benzene rings is 1. The topological polar surface area (TPSA) is 102 Å². The highest BCUT2D eigenvalue weighted by atomic mass is 32.2. The van der Waals surface area contributed by atoms with E-state index in [4.69, 9.17) is 10.6 Å². The minimum absolute atomic E-state index is 0.361. The lowest BCUT2D eigenvalue weighted by Crippen LogP contribution is -2.49. The van der Waals surface area contributed by atoms with Crippen molar-refractivity contribution in [1.29, 1.82) is 0 Å². The lowest BCUT2D eigenvalue weighted by Gasteiger charge is -2.27. The third kappa shape index (κ3) is 3.58. The van der Waals surface area contributed by atoms with Crippen LogP contribution < -0.4 is 20.3 Å². The predicted molar refractivity (Wildman–Crippen MR) is 72.1 cm³/mol. The van der Waals surface area contributed by atoms with Crippen LogP contribution in [0.25, 0.3) is 0 Å². The molecule has 0 heterocycles. The Morgan fingerprint density at radius 2 is 1.89 bits per heavy atom. The molecular formula is C11H17N3O4S. The Morgan fingerprint density at radius 3 is 2.26 bits per heavy atom. The number of nitrogens with one attached hydrogen (secondary N) is 1. The van der Waals surface area contributed by atoms with Crippen molar-refractivity contribution in [2.24, 2.45) is 5.84 Å². The molecule has 0 aliphatic rings. The number of anilines is 1. The second-order valence-electron chi connectivity index (χ2n) is 3.94. The molecule has 0 aliphatic heterocycles. The third-order valence-electron chi connectivity index (χ3n) is 2.56. The summed E-state index contributed by atoms with van der Waals surface area (Å²) >= 11 is 0. The third-order valence-corrected chi connectivity index (χ3v) is 3.80. The SMILES string of the molecule is COc1ccc(N(C(C)C(=O)NN)S(C)(=O)=O)cc1. The molecule has 0 aliphatic carbocycles. The number of methoxy groups -OCH3 is 1. The van der Waals surface area contributed by atoms with Crippen LogP contribution in [0, 0.1) is 0 Å². The van der Waals surface area contributed by atoms with Crippen molar-refractivity contribution in [3.8, 4) is 5.75 Å². The number of hydrogen-bond acceptors (Lipinski definition) is 5. The summed E-state index contributed by atoms with van der Waals surface area (Å²) in [6.07, 6.45) is 1.03. The Kier molecular flexibility index (Phi) is 4.73. The summed E-state index contributed by atoms with van der Waals surface area (Å²) in [4.78, 5) is 11.5. The van der Waals surface area contributed by atoms with Crippen LogP contribution in [0.2, 0.25) is 0 Å². The van der Waals surface area contributed by atoms with Gasteiger partial charge >= 0.3 is 0 Å². The summed E-state index contributed by atoms with van der Waals surface area (Å²) in [7, 11) is -2.11. The van der Waals surface area contributed by atoms with Crippen LogP contribution in [-0.4, -0.2) is 33.7 Å². The van der Waals surface area contributed by atoms with Crippen LogP contribution in [0.15, 0.2) is 24.3 Å². The monoisotopic (exact) mass is 287 g/mol. The van der Waals surface area contributed by atoms with Crippen LogP contribution in [-0.2, 0) is 14.8 Å². The van der Waals surface area contributed by atoms with Gasteiger partial charge in [0.05, 0.1) is 19.1 Å². The van der Waals surface area contributed by atoms with Crippen molar-refractivity contribution in [3.05, 3.63) is 24.3 Å². The van der Waals surface area contributed by atoms with Gasteiger partial charge in [-0.1, -0.05) is 0 Å². The highest BCUT2D eigenvalue weighted by Gasteiger charge is 2.28. The average molecular weight is 287 g/mol. The van der Waals surface area contributed by atoms with Crippen LogP contribution in [0.5, 0.6) is 5.75 Å². The number of carbonyl (C=O) groups excluding carboxylic acids is 1. The first-order valence-electron chi connectivity index (χ1n) is 5.45. The number of hydrazine groups is 1. The molecule has 1 rings (SSSR count). The average Bonchev–Trinajstić information content (AvgIpc) is 2.37. The van der Waals surface area contributed by atoms with E-state index in [0.29, 0.717) is 11.4 Å². The second-order valence-corrected chi connectivity index (χ2v) is 5.80. The smallest absolute Gasteiger partial charge is 0.257 e. The number of ether oxygens (including phenoxy) is 1. The molecule has 0 fully saturated rings. The maximum Gasteiger partial charge on any atom is 0.257 e. The molecule has 3 N–H and O–H groups in total. The van der Waals surface area contributed by atoms with Gasteiger partial charge in [-0.15, -0.1) is 0 Å². The maximum absolute atomic E-state index is 11.8. The summed E-state index contributed by atoms with van der Waals surface area (Å²) in [5.41, 5.74) is 2.30. The first kappa shape index (κ1) is 15.3. The van der Waals surface area contributed by atoms with Crippen molar-refractivity contribution in [1.82, 2.24) is 5.43 Å². The number of amides is 1. The number of nitrogens with two attached hydrogens (primary N) is 1. The molecule has 1 amide bonds. The van der Waals surface area contributed by atoms with Gasteiger partial charge in [-0.3, -0.25) is 14.5 Å². The Hall–Kier alpha value is -1.80. The summed E-state index contributed by atoms with van der Waals surface area (Å²) in [6, 6.07) is 5.38. The van der Waals surface area contributed by atoms with Crippen molar-refractivity contribution >= 4 is 21.6 Å². The first-order chi connectivity index (χ1) is 8.81. The molecule has 1 unspecified atom stereocenters. The number of carbonyl (C=O) groups is 1. The van der Waals surface area contributed by atoms with E-state index in [0.717, 1.165) is 10.6 Å². The molecule has 19 heavy (non-hydrogen) atoms. The summed E-state index contributed by atoms with van der Waals surface area (Å²) in [5, 5.41) is 0. The van der Waals surface area contributed by atoms with Crippen LogP contribution >= 0.6 is 0 Å². The number of sulfonamides is 1. The van der Waals surface area contributed by atoms with Gasteiger partial charge in [-0.25, -0.2) is 14.3 Å². The molecule has 0 bridgehead atoms. The normalized spacial score (nSPS) is 12.6. The Labute approximate surface area is 112 Å². The van der Waals surface area contributed by atoms with Crippen molar-refractivity contribution < 1.29 is 17.9 Å². The summed E-state index contributed by atoms with van der Waals surface area (Å²) in [5.74, 6) is 5.03. The lowest BCUT2D eigenvalue weighted by atomic mass is 10.2. The molecule has 106 valence electrons. The zero-order chi connectivity index (χ0) is 14.6. The van der Waals surface area contributed by atoms with E-state index in [1.54, 1.807) is 24.3 Å². The Balaban J connectivity index is 3.21. The van der Waals surface area contributed by atoms with Crippen molar-refractivity contribution in [3.63, 3.8) is 0 Å². The van der Waals surface area contributed by atoms with E-state index in [-0.39, 0.29) is 0 Å². The number of rotatable bonds is 5. The molecule has 0 saturated carbocycles. The summed E-state index contributed by atoms with van der Waals surface area (Å²) < 4.78 is 29.6. The minimum atomic E-state index is -3.62. The highest BCUT2D eigenvalue weighted by molar-refractivity contribution is 7.92. The lowest BCUT2D eigenvalue weighted by molar-refractivity contribution is -0.121. The van der Waals surface area contributed by atoms with E-state index in [1.165, 1.54) is 14.0 Å². The molecule has 7 nitrogen and oxygen atoms in total. The fourth-order valence-electron chi connectivity index (χ4n) is 1.66. The van der Waals surface area contributed by atoms with Gasteiger partial charge in [0.1, 0.15) is 11.8 Å². The zero-order valence-electron chi connectivity index (χ0n) is 11.0. The van der Waals surface area contributed by atoms with E-state index >= 15 is 0 Å². The van der Waals surface area contributed by atoms with Gasteiger partial charge in [0.25, 0.3) is 5.91 Å². The van der Waals surface area contributed by atoms with Crippen molar-refractivity contribution in [2.75, 3.05) is 17.7 Å². The molecule has 0 aromatic heterocycles. The predicted octanol–water partition coefficient (Wildman–Crippen LogP) is -0.160. The highest BCUT2D eigenvalue weighted by Crippen LogP contribution is 2.23. The number of nitrogens with zero attached hydrogens (tertiary/aromatic N) is 1. The van der Waals surface area contributed by atoms with Gasteiger partial charge in [0.15, 0.2) is 0 Å². The van der Waals surface area contributed by atoms with Gasteiger partial charge in [-0.05, 0) is 31.2 Å². The number of hydrogen-bond donors (Lipinski definition) is 2. The maximum atomic E-state index is 11.8. The zero-order valence-corrected chi connectivity index (χ0v) is 11.8. The van der Waals surface area contributed by atoms with E-state index in [9.17, 15) is 13.2 Å². The first-order valence-corrected chi connectivity index (χ1v) is 7.30. The fraction of sp³-hybridized carbons (Fsp3) is 0.364. The fourth-order valence-corrected chi connectivity index (χ4v) is 2.83. The van der Waals surface area contributed by atoms with Crippen LogP contribution in [0.4, 0.5) is 5.69 Å². The van der Waals surface area contributed by atoms with Gasteiger partial charge in [-0.2, -0.15) is 0 Å². The van der Waals surface area contributed by atoms with Crippen LogP contribution in [0.3, 0.4) is 0 Å². The van der Waals surface area contributed by atoms with E-state index in [2.05, 4.69) is 0 Å². The van der Waals surface area contributed by atoms with E-state index < -0.39 is 22.0 Å². The van der Waals surface area contributed by atoms with Gasteiger partial charge < -0.3 is 4.74 Å². The van der Waals surface area contributed by atoms with Gasteiger partial charge in [0.2, 0.25) is 10.0 Å². The van der Waals surface area contributed by atoms with Crippen molar-refractivity contribution in [2.45, 2.75) is 13.0 Å². The quantitative estimate of drug-likeness (QED) is 0.445. The molecule has 1 aromatic rings. The second kappa shape index (κ2) is 5.89. The molecule has 1 atom stereocenters. The molecule has 0 radical (unpaired) electrons. The van der Waals surface area contributed by atoms with E-state index in [1.807, 2.05) is 5.43 Å². The van der Waals surface area contributed by atoms with Gasteiger partial charge in [0, 0.05) is 0 Å². The molecular weight excluding hydrogens is 270 g/mol. The van der Waals surface area contributed by atoms with Crippen LogP contribution in [0.1, 0.15) is 6.92 Å². The Morgan fingerprint density at radius 1 is 1.37 bits per heavy atom. The molecule has 8 heteroatoms. The molecule has 1 aromatic carbocycles.